The summed E-state index contributed by atoms with van der Waals surface area (Å²) in [5, 5.41) is 3.41. The van der Waals surface area contributed by atoms with Crippen LogP contribution in [0.2, 0.25) is 0 Å². The van der Waals surface area contributed by atoms with Crippen LogP contribution in [0.25, 0.3) is 0 Å². The molecule has 2 heteroatoms. The number of benzene rings is 1. The van der Waals surface area contributed by atoms with Crippen LogP contribution in [0.3, 0.4) is 0 Å². The molecule has 1 aromatic heterocycles. The van der Waals surface area contributed by atoms with Gasteiger partial charge in [-0.1, -0.05) is 51.1 Å². The highest BCUT2D eigenvalue weighted by Gasteiger charge is 2.17. The van der Waals surface area contributed by atoms with Crippen LogP contribution < -0.4 is 5.32 Å². The molecule has 0 amide bonds. The van der Waals surface area contributed by atoms with Crippen LogP contribution in [0.5, 0.6) is 0 Å². The number of hydrogen-bond donors (Lipinski definition) is 1. The summed E-state index contributed by atoms with van der Waals surface area (Å²) < 4.78 is 0. The highest BCUT2D eigenvalue weighted by atomic mass is 14.9. The molecule has 2 nitrogen and oxygen atoms in total. The minimum absolute atomic E-state index is 0.187. The maximum atomic E-state index is 4.58. The molecular formula is C19H26N2. The Balaban J connectivity index is 2.37. The second kappa shape index (κ2) is 5.98. The molecule has 0 saturated carbocycles. The highest BCUT2D eigenvalue weighted by Crippen LogP contribution is 2.27. The summed E-state index contributed by atoms with van der Waals surface area (Å²) in [5.41, 5.74) is 6.23. The smallest absolute Gasteiger partial charge is 0.0592 e. The molecule has 2 rings (SSSR count). The quantitative estimate of drug-likeness (QED) is 0.907. The summed E-state index contributed by atoms with van der Waals surface area (Å²) >= 11 is 0. The number of aromatic nitrogens is 1. The van der Waals surface area contributed by atoms with Crippen LogP contribution in [0, 0.1) is 13.8 Å². The van der Waals surface area contributed by atoms with E-state index < -0.39 is 0 Å². The zero-order valence-electron chi connectivity index (χ0n) is 14.0. The Labute approximate surface area is 128 Å². The van der Waals surface area contributed by atoms with Crippen LogP contribution in [0.1, 0.15) is 54.9 Å². The number of aryl methyl sites for hydroxylation is 2. The van der Waals surface area contributed by atoms with E-state index in [1.807, 2.05) is 14.0 Å². The van der Waals surface area contributed by atoms with E-state index >= 15 is 0 Å². The minimum atomic E-state index is 0.187. The first-order chi connectivity index (χ1) is 9.82. The van der Waals surface area contributed by atoms with Crippen LogP contribution >= 0.6 is 0 Å². The van der Waals surface area contributed by atoms with Crippen molar-refractivity contribution in [1.29, 1.82) is 0 Å². The third kappa shape index (κ3) is 3.51. The maximum Gasteiger partial charge on any atom is 0.0592 e. The predicted octanol–water partition coefficient (Wildman–Crippen LogP) is 4.30. The highest BCUT2D eigenvalue weighted by molar-refractivity contribution is 5.37. The molecule has 0 aliphatic carbocycles. The molecule has 1 heterocycles. The van der Waals surface area contributed by atoms with Crippen molar-refractivity contribution in [2.24, 2.45) is 0 Å². The lowest BCUT2D eigenvalue weighted by Crippen LogP contribution is -2.20. The van der Waals surface area contributed by atoms with Crippen molar-refractivity contribution in [2.75, 3.05) is 7.05 Å². The second-order valence-corrected chi connectivity index (χ2v) is 6.72. The summed E-state index contributed by atoms with van der Waals surface area (Å²) in [7, 11) is 2.00. The van der Waals surface area contributed by atoms with Gasteiger partial charge >= 0.3 is 0 Å². The molecule has 1 atom stereocenters. The average Bonchev–Trinajstić information content (AvgIpc) is 2.41. The third-order valence-corrected chi connectivity index (χ3v) is 3.98. The van der Waals surface area contributed by atoms with E-state index in [0.717, 1.165) is 11.4 Å². The van der Waals surface area contributed by atoms with Gasteiger partial charge in [0.05, 0.1) is 6.04 Å². The van der Waals surface area contributed by atoms with Crippen molar-refractivity contribution in [3.8, 4) is 0 Å². The molecule has 2 aromatic rings. The molecule has 0 aliphatic rings. The van der Waals surface area contributed by atoms with Gasteiger partial charge in [-0.15, -0.1) is 0 Å². The number of nitrogens with zero attached hydrogens (tertiary/aromatic N) is 1. The van der Waals surface area contributed by atoms with Crippen molar-refractivity contribution in [3.63, 3.8) is 0 Å². The number of nitrogens with one attached hydrogen (secondary N) is 1. The normalized spacial score (nSPS) is 13.2. The molecule has 1 unspecified atom stereocenters. The first-order valence-electron chi connectivity index (χ1n) is 7.55. The van der Waals surface area contributed by atoms with Gasteiger partial charge in [-0.25, -0.2) is 0 Å². The first kappa shape index (κ1) is 15.7. The topological polar surface area (TPSA) is 24.9 Å². The van der Waals surface area contributed by atoms with Crippen molar-refractivity contribution < 1.29 is 0 Å². The van der Waals surface area contributed by atoms with Crippen LogP contribution in [-0.2, 0) is 5.41 Å². The Kier molecular flexibility index (Phi) is 4.48. The summed E-state index contributed by atoms with van der Waals surface area (Å²) in [6.07, 6.45) is 0. The average molecular weight is 282 g/mol. The molecular weight excluding hydrogens is 256 g/mol. The van der Waals surface area contributed by atoms with Crippen molar-refractivity contribution in [3.05, 3.63) is 64.5 Å². The fourth-order valence-electron chi connectivity index (χ4n) is 2.68. The summed E-state index contributed by atoms with van der Waals surface area (Å²) in [6.45, 7) is 10.8. The molecule has 21 heavy (non-hydrogen) atoms. The molecule has 0 spiro atoms. The van der Waals surface area contributed by atoms with Crippen molar-refractivity contribution >= 4 is 0 Å². The largest absolute Gasteiger partial charge is 0.309 e. The molecule has 0 radical (unpaired) electrons. The molecule has 0 fully saturated rings. The van der Waals surface area contributed by atoms with Gasteiger partial charge in [0.25, 0.3) is 0 Å². The van der Waals surface area contributed by atoms with Gasteiger partial charge < -0.3 is 5.32 Å². The fourth-order valence-corrected chi connectivity index (χ4v) is 2.68. The molecule has 1 N–H and O–H groups in total. The van der Waals surface area contributed by atoms with Crippen LogP contribution in [0.4, 0.5) is 0 Å². The van der Waals surface area contributed by atoms with Gasteiger partial charge in [0.2, 0.25) is 0 Å². The van der Waals surface area contributed by atoms with Gasteiger partial charge in [0.15, 0.2) is 0 Å². The van der Waals surface area contributed by atoms with Crippen LogP contribution in [-0.4, -0.2) is 12.0 Å². The van der Waals surface area contributed by atoms with E-state index in [9.17, 15) is 0 Å². The Bertz CT molecular complexity index is 606. The monoisotopic (exact) mass is 282 g/mol. The molecule has 1 aromatic carbocycles. The number of pyridine rings is 1. The predicted molar refractivity (Wildman–Crippen MR) is 89.8 cm³/mol. The van der Waals surface area contributed by atoms with E-state index in [4.69, 9.17) is 0 Å². The van der Waals surface area contributed by atoms with Crippen molar-refractivity contribution in [2.45, 2.75) is 46.1 Å². The van der Waals surface area contributed by atoms with Gasteiger partial charge in [-0.3, -0.25) is 4.98 Å². The minimum Gasteiger partial charge on any atom is -0.309 e. The Hall–Kier alpha value is -1.67. The molecule has 0 bridgehead atoms. The Morgan fingerprint density at radius 1 is 0.952 bits per heavy atom. The van der Waals surface area contributed by atoms with Gasteiger partial charge in [0, 0.05) is 11.4 Å². The third-order valence-electron chi connectivity index (χ3n) is 3.98. The molecule has 112 valence electrons. The fraction of sp³-hybridized carbons (Fsp3) is 0.421. The first-order valence-corrected chi connectivity index (χ1v) is 7.55. The number of hydrogen-bond acceptors (Lipinski definition) is 2. The summed E-state index contributed by atoms with van der Waals surface area (Å²) in [4.78, 5) is 4.58. The standard InChI is InChI=1S/C19H26N2/c1-13-7-12-17(14(2)21-13)18(20-6)15-8-10-16(11-9-15)19(3,4)5/h7-12,18,20H,1-6H3. The zero-order valence-corrected chi connectivity index (χ0v) is 14.0. The van der Waals surface area contributed by atoms with E-state index in [1.165, 1.54) is 16.7 Å². The molecule has 0 saturated heterocycles. The Morgan fingerprint density at radius 3 is 2.05 bits per heavy atom. The van der Waals surface area contributed by atoms with Gasteiger partial charge in [0.1, 0.15) is 0 Å². The maximum absolute atomic E-state index is 4.58. The SMILES string of the molecule is CNC(c1ccc(C(C)(C)C)cc1)c1ccc(C)nc1C. The van der Waals surface area contributed by atoms with Crippen molar-refractivity contribution in [1.82, 2.24) is 10.3 Å². The van der Waals surface area contributed by atoms with E-state index in [1.54, 1.807) is 0 Å². The Morgan fingerprint density at radius 2 is 1.57 bits per heavy atom. The summed E-state index contributed by atoms with van der Waals surface area (Å²) in [5.74, 6) is 0. The van der Waals surface area contributed by atoms with Gasteiger partial charge in [-0.05, 0) is 49.1 Å². The van der Waals surface area contributed by atoms with E-state index in [2.05, 4.69) is 74.4 Å². The van der Waals surface area contributed by atoms with E-state index in [0.29, 0.717) is 0 Å². The lowest BCUT2D eigenvalue weighted by Gasteiger charge is -2.22. The van der Waals surface area contributed by atoms with Gasteiger partial charge in [-0.2, -0.15) is 0 Å². The molecule has 0 aliphatic heterocycles. The zero-order chi connectivity index (χ0) is 15.6. The summed E-state index contributed by atoms with van der Waals surface area (Å²) in [6, 6.07) is 13.4. The van der Waals surface area contributed by atoms with Crippen LogP contribution in [0.15, 0.2) is 36.4 Å². The second-order valence-electron chi connectivity index (χ2n) is 6.72. The number of rotatable bonds is 3. The van der Waals surface area contributed by atoms with E-state index in [-0.39, 0.29) is 11.5 Å². The lowest BCUT2D eigenvalue weighted by molar-refractivity contribution is 0.589. The lowest BCUT2D eigenvalue weighted by atomic mass is 9.85.